The lowest BCUT2D eigenvalue weighted by Gasteiger charge is -2.34. The minimum absolute atomic E-state index is 0.00800. The van der Waals surface area contributed by atoms with Gasteiger partial charge in [-0.3, -0.25) is 4.79 Å². The maximum Gasteiger partial charge on any atom is 0.246 e. The first-order valence-electron chi connectivity index (χ1n) is 9.18. The maximum atomic E-state index is 12.9. The van der Waals surface area contributed by atoms with Crippen LogP contribution in [0.4, 0.5) is 0 Å². The minimum atomic E-state index is -3.81. The average molecular weight is 457 g/mol. The van der Waals surface area contributed by atoms with E-state index in [9.17, 15) is 13.2 Å². The Kier molecular flexibility index (Phi) is 7.05. The Bertz CT molecular complexity index is 952. The standard InChI is InChI=1S/C20H22Cl2N2O4S/c1-28-16-8-5-15(6-9-16)7-10-19(25)23-11-13-24(14-12-23)29(26,27)20-17(21)3-2-4-18(20)22/h2-6,8-9H,7,10-14H2,1H3. The van der Waals surface area contributed by atoms with Crippen molar-refractivity contribution in [3.8, 4) is 5.75 Å². The van der Waals surface area contributed by atoms with Gasteiger partial charge in [0.25, 0.3) is 0 Å². The van der Waals surface area contributed by atoms with Gasteiger partial charge in [0.05, 0.1) is 17.2 Å². The van der Waals surface area contributed by atoms with E-state index in [1.165, 1.54) is 16.4 Å². The van der Waals surface area contributed by atoms with Gasteiger partial charge in [0.15, 0.2) is 0 Å². The van der Waals surface area contributed by atoms with Gasteiger partial charge in [0, 0.05) is 32.6 Å². The van der Waals surface area contributed by atoms with Crippen molar-refractivity contribution >= 4 is 39.1 Å². The van der Waals surface area contributed by atoms with E-state index >= 15 is 0 Å². The van der Waals surface area contributed by atoms with Gasteiger partial charge in [-0.1, -0.05) is 41.4 Å². The Balaban J connectivity index is 1.57. The molecule has 1 amide bonds. The van der Waals surface area contributed by atoms with Crippen molar-refractivity contribution in [2.75, 3.05) is 33.3 Å². The molecular weight excluding hydrogens is 435 g/mol. The van der Waals surface area contributed by atoms with Crippen LogP contribution in [0.25, 0.3) is 0 Å². The first-order valence-corrected chi connectivity index (χ1v) is 11.4. The normalized spacial score (nSPS) is 15.3. The molecule has 0 aliphatic carbocycles. The number of halogens is 2. The van der Waals surface area contributed by atoms with E-state index in [2.05, 4.69) is 0 Å². The molecule has 2 aromatic rings. The molecule has 6 nitrogen and oxygen atoms in total. The molecule has 0 radical (unpaired) electrons. The number of carbonyl (C=O) groups excluding carboxylic acids is 1. The zero-order valence-electron chi connectivity index (χ0n) is 16.0. The molecule has 1 fully saturated rings. The molecule has 0 saturated carbocycles. The molecule has 9 heteroatoms. The topological polar surface area (TPSA) is 66.9 Å². The van der Waals surface area contributed by atoms with Crippen LogP contribution in [0.3, 0.4) is 0 Å². The molecule has 0 aromatic heterocycles. The van der Waals surface area contributed by atoms with Crippen LogP contribution in [0, 0.1) is 0 Å². The lowest BCUT2D eigenvalue weighted by Crippen LogP contribution is -2.50. The fraction of sp³-hybridized carbons (Fsp3) is 0.350. The third-order valence-corrected chi connectivity index (χ3v) is 7.75. The number of benzene rings is 2. The number of carbonyl (C=O) groups is 1. The van der Waals surface area contributed by atoms with Crippen molar-refractivity contribution in [1.82, 2.24) is 9.21 Å². The van der Waals surface area contributed by atoms with Crippen molar-refractivity contribution in [2.24, 2.45) is 0 Å². The monoisotopic (exact) mass is 456 g/mol. The van der Waals surface area contributed by atoms with E-state index in [4.69, 9.17) is 27.9 Å². The molecule has 0 unspecified atom stereocenters. The maximum absolute atomic E-state index is 12.9. The summed E-state index contributed by atoms with van der Waals surface area (Å²) in [5.74, 6) is 0.782. The van der Waals surface area contributed by atoms with E-state index in [0.717, 1.165) is 11.3 Å². The van der Waals surface area contributed by atoms with Gasteiger partial charge in [-0.2, -0.15) is 4.31 Å². The van der Waals surface area contributed by atoms with Crippen molar-refractivity contribution in [3.05, 3.63) is 58.1 Å². The average Bonchev–Trinajstić information content (AvgIpc) is 2.72. The Morgan fingerprint density at radius 3 is 2.14 bits per heavy atom. The summed E-state index contributed by atoms with van der Waals surface area (Å²) in [6.07, 6.45) is 0.992. The number of amides is 1. The number of hydrogen-bond donors (Lipinski definition) is 0. The lowest BCUT2D eigenvalue weighted by molar-refractivity contribution is -0.132. The molecule has 1 heterocycles. The molecule has 1 aliphatic rings. The van der Waals surface area contributed by atoms with Gasteiger partial charge in [-0.15, -0.1) is 0 Å². The van der Waals surface area contributed by atoms with Gasteiger partial charge >= 0.3 is 0 Å². The van der Waals surface area contributed by atoms with Crippen LogP contribution in [-0.2, 0) is 21.2 Å². The molecule has 1 aliphatic heterocycles. The number of rotatable bonds is 6. The zero-order chi connectivity index (χ0) is 21.0. The van der Waals surface area contributed by atoms with Crippen LogP contribution in [0.15, 0.2) is 47.4 Å². The first kappa shape index (κ1) is 21.9. The Morgan fingerprint density at radius 2 is 1.59 bits per heavy atom. The predicted molar refractivity (Wildman–Crippen MR) is 113 cm³/mol. The highest BCUT2D eigenvalue weighted by Crippen LogP contribution is 2.31. The SMILES string of the molecule is COc1ccc(CCC(=O)N2CCN(S(=O)(=O)c3c(Cl)cccc3Cl)CC2)cc1. The number of hydrogen-bond acceptors (Lipinski definition) is 4. The summed E-state index contributed by atoms with van der Waals surface area (Å²) in [6, 6.07) is 12.2. The van der Waals surface area contributed by atoms with Crippen LogP contribution in [0.2, 0.25) is 10.0 Å². The lowest BCUT2D eigenvalue weighted by atomic mass is 10.1. The quantitative estimate of drug-likeness (QED) is 0.667. The van der Waals surface area contributed by atoms with E-state index in [0.29, 0.717) is 25.9 Å². The van der Waals surface area contributed by atoms with Crippen LogP contribution < -0.4 is 4.74 Å². The summed E-state index contributed by atoms with van der Waals surface area (Å²) in [7, 11) is -2.21. The van der Waals surface area contributed by atoms with Gasteiger partial charge in [0.1, 0.15) is 10.6 Å². The third kappa shape index (κ3) is 5.04. The Hall–Kier alpha value is -1.80. The van der Waals surface area contributed by atoms with Gasteiger partial charge in [-0.25, -0.2) is 8.42 Å². The number of nitrogens with zero attached hydrogens (tertiary/aromatic N) is 2. The van der Waals surface area contributed by atoms with Crippen LogP contribution in [0.1, 0.15) is 12.0 Å². The molecule has 3 rings (SSSR count). The van der Waals surface area contributed by atoms with Crippen LogP contribution >= 0.6 is 23.2 Å². The van der Waals surface area contributed by atoms with Crippen molar-refractivity contribution < 1.29 is 17.9 Å². The molecule has 29 heavy (non-hydrogen) atoms. The molecule has 0 N–H and O–H groups in total. The number of methoxy groups -OCH3 is 1. The molecule has 0 spiro atoms. The molecule has 1 saturated heterocycles. The molecule has 0 bridgehead atoms. The predicted octanol–water partition coefficient (Wildman–Crippen LogP) is 3.47. The second-order valence-electron chi connectivity index (χ2n) is 6.68. The summed E-state index contributed by atoms with van der Waals surface area (Å²) >= 11 is 12.1. The number of sulfonamides is 1. The van der Waals surface area contributed by atoms with E-state index < -0.39 is 10.0 Å². The molecule has 2 aromatic carbocycles. The summed E-state index contributed by atoms with van der Waals surface area (Å²) in [5, 5.41) is 0.186. The first-order chi connectivity index (χ1) is 13.8. The number of aryl methyl sites for hydroxylation is 1. The summed E-state index contributed by atoms with van der Waals surface area (Å²) in [4.78, 5) is 14.1. The Labute approximate surface area is 181 Å². The van der Waals surface area contributed by atoms with Gasteiger partial charge in [0.2, 0.25) is 15.9 Å². The zero-order valence-corrected chi connectivity index (χ0v) is 18.3. The second kappa shape index (κ2) is 9.34. The van der Waals surface area contributed by atoms with Crippen LogP contribution in [0.5, 0.6) is 5.75 Å². The van der Waals surface area contributed by atoms with Crippen molar-refractivity contribution in [2.45, 2.75) is 17.7 Å². The Morgan fingerprint density at radius 1 is 1.00 bits per heavy atom. The van der Waals surface area contributed by atoms with E-state index in [-0.39, 0.29) is 33.9 Å². The molecular formula is C20H22Cl2N2O4S. The largest absolute Gasteiger partial charge is 0.497 e. The van der Waals surface area contributed by atoms with Crippen LogP contribution in [-0.4, -0.2) is 56.8 Å². The highest BCUT2D eigenvalue weighted by atomic mass is 35.5. The fourth-order valence-corrected chi connectivity index (χ4v) is 5.75. The highest BCUT2D eigenvalue weighted by Gasteiger charge is 2.32. The second-order valence-corrected chi connectivity index (χ2v) is 9.37. The number of piperazine rings is 1. The third-order valence-electron chi connectivity index (χ3n) is 4.89. The smallest absolute Gasteiger partial charge is 0.246 e. The molecule has 0 atom stereocenters. The van der Waals surface area contributed by atoms with Gasteiger partial charge < -0.3 is 9.64 Å². The summed E-state index contributed by atoms with van der Waals surface area (Å²) < 4.78 is 32.3. The fourth-order valence-electron chi connectivity index (χ4n) is 3.24. The minimum Gasteiger partial charge on any atom is -0.497 e. The van der Waals surface area contributed by atoms with E-state index in [1.54, 1.807) is 18.1 Å². The summed E-state index contributed by atoms with van der Waals surface area (Å²) in [5.41, 5.74) is 1.05. The molecule has 156 valence electrons. The van der Waals surface area contributed by atoms with Crippen molar-refractivity contribution in [1.29, 1.82) is 0 Å². The number of ether oxygens (including phenoxy) is 1. The van der Waals surface area contributed by atoms with Crippen molar-refractivity contribution in [3.63, 3.8) is 0 Å². The highest BCUT2D eigenvalue weighted by molar-refractivity contribution is 7.89. The summed E-state index contributed by atoms with van der Waals surface area (Å²) in [6.45, 7) is 1.09. The van der Waals surface area contributed by atoms with Gasteiger partial charge in [-0.05, 0) is 36.2 Å². The van der Waals surface area contributed by atoms with E-state index in [1.807, 2.05) is 24.3 Å².